The van der Waals surface area contributed by atoms with Crippen molar-refractivity contribution in [3.8, 4) is 0 Å². The van der Waals surface area contributed by atoms with Gasteiger partial charge in [-0.3, -0.25) is 0 Å². The van der Waals surface area contributed by atoms with Crippen molar-refractivity contribution in [2.45, 2.75) is 35.1 Å². The van der Waals surface area contributed by atoms with Crippen LogP contribution < -0.4 is 5.11 Å². The van der Waals surface area contributed by atoms with Crippen molar-refractivity contribution < 1.29 is 23.1 Å². The maximum Gasteiger partial charge on any atom is 0.389 e. The van der Waals surface area contributed by atoms with E-state index in [0.29, 0.717) is 0 Å². The van der Waals surface area contributed by atoms with Gasteiger partial charge in [0.1, 0.15) is 0 Å². The van der Waals surface area contributed by atoms with Crippen molar-refractivity contribution in [3.05, 3.63) is 0 Å². The Morgan fingerprint density at radius 2 is 1.80 bits per heavy atom. The number of carbonyl (C=O) groups is 1. The second kappa shape index (κ2) is 5.46. The molecule has 0 fully saturated rings. The zero-order chi connectivity index (χ0) is 12.3. The Kier molecular flexibility index (Phi) is 5.50. The van der Waals surface area contributed by atoms with Gasteiger partial charge in [-0.05, 0) is 12.8 Å². The van der Waals surface area contributed by atoms with Crippen LogP contribution in [0.2, 0.25) is 0 Å². The highest BCUT2D eigenvalue weighted by molar-refractivity contribution is 6.60. The summed E-state index contributed by atoms with van der Waals surface area (Å²) in [6, 6.07) is 0. The number of carboxylic acids is 1. The normalized spacial score (nSPS) is 15.1. The molecule has 0 aliphatic carbocycles. The third kappa shape index (κ3) is 5.68. The first-order valence-electron chi connectivity index (χ1n) is 3.87. The molecule has 0 aliphatic heterocycles. The minimum Gasteiger partial charge on any atom is -0.547 e. The Hall–Kier alpha value is 0.130. The quantitative estimate of drug-likeness (QED) is 0.727. The molecule has 8 heteroatoms. The SMILES string of the molecule is O=C([O-])C(Cl)(Cl)C(Cl)CCCC(F)(F)F. The Morgan fingerprint density at radius 3 is 2.13 bits per heavy atom. The van der Waals surface area contributed by atoms with Gasteiger partial charge >= 0.3 is 6.18 Å². The largest absolute Gasteiger partial charge is 0.547 e. The molecule has 0 bridgehead atoms. The van der Waals surface area contributed by atoms with E-state index in [-0.39, 0.29) is 12.8 Å². The number of alkyl halides is 6. The van der Waals surface area contributed by atoms with E-state index in [0.717, 1.165) is 0 Å². The molecule has 0 N–H and O–H groups in total. The predicted octanol–water partition coefficient (Wildman–Crippen LogP) is 2.25. The number of rotatable bonds is 5. The third-order valence-corrected chi connectivity index (χ3v) is 3.19. The molecule has 0 saturated heterocycles. The monoisotopic (exact) mass is 285 g/mol. The van der Waals surface area contributed by atoms with Crippen molar-refractivity contribution in [2.24, 2.45) is 0 Å². The topological polar surface area (TPSA) is 40.1 Å². The van der Waals surface area contributed by atoms with Gasteiger partial charge in [-0.15, -0.1) is 11.6 Å². The number of hydrogen-bond acceptors (Lipinski definition) is 2. The second-order valence-corrected chi connectivity index (χ2v) is 4.80. The molecule has 0 heterocycles. The molecule has 0 aromatic heterocycles. The van der Waals surface area contributed by atoms with Gasteiger partial charge < -0.3 is 9.90 Å². The van der Waals surface area contributed by atoms with Gasteiger partial charge in [-0.2, -0.15) is 13.2 Å². The zero-order valence-electron chi connectivity index (χ0n) is 7.28. The standard InChI is InChI=1S/C7H8Cl3F3O2/c8-4(7(9,10)5(14)15)2-1-3-6(11,12)13/h4H,1-3H2,(H,14,15)/p-1. The summed E-state index contributed by atoms with van der Waals surface area (Å²) < 4.78 is 32.8. The van der Waals surface area contributed by atoms with E-state index in [2.05, 4.69) is 0 Å². The van der Waals surface area contributed by atoms with Crippen LogP contribution in [0.5, 0.6) is 0 Å². The molecule has 0 aromatic carbocycles. The average molecular weight is 286 g/mol. The van der Waals surface area contributed by atoms with Gasteiger partial charge in [-0.25, -0.2) is 0 Å². The molecule has 90 valence electrons. The fourth-order valence-corrected chi connectivity index (χ4v) is 1.25. The maximum absolute atomic E-state index is 11.7. The highest BCUT2D eigenvalue weighted by atomic mass is 35.5. The first kappa shape index (κ1) is 15.1. The molecule has 0 aliphatic rings. The molecule has 1 unspecified atom stereocenters. The lowest BCUT2D eigenvalue weighted by atomic mass is 10.1. The molecule has 0 rings (SSSR count). The Morgan fingerprint density at radius 1 is 1.33 bits per heavy atom. The molecule has 15 heavy (non-hydrogen) atoms. The average Bonchev–Trinajstić information content (AvgIpc) is 2.01. The van der Waals surface area contributed by atoms with E-state index < -0.39 is 28.3 Å². The van der Waals surface area contributed by atoms with Crippen molar-refractivity contribution in [1.29, 1.82) is 0 Å². The summed E-state index contributed by atoms with van der Waals surface area (Å²) in [6.45, 7) is 0. The van der Waals surface area contributed by atoms with Crippen molar-refractivity contribution >= 4 is 40.8 Å². The van der Waals surface area contributed by atoms with Crippen molar-refractivity contribution in [2.75, 3.05) is 0 Å². The van der Waals surface area contributed by atoms with E-state index in [1.807, 2.05) is 0 Å². The van der Waals surface area contributed by atoms with Crippen molar-refractivity contribution in [3.63, 3.8) is 0 Å². The van der Waals surface area contributed by atoms with E-state index in [1.54, 1.807) is 0 Å². The highest BCUT2D eigenvalue weighted by Crippen LogP contribution is 2.33. The van der Waals surface area contributed by atoms with E-state index in [9.17, 15) is 23.1 Å². The van der Waals surface area contributed by atoms with Gasteiger partial charge in [0.15, 0.2) is 4.33 Å². The third-order valence-electron chi connectivity index (χ3n) is 1.58. The molecule has 1 atom stereocenters. The van der Waals surface area contributed by atoms with Crippen molar-refractivity contribution in [1.82, 2.24) is 0 Å². The van der Waals surface area contributed by atoms with Gasteiger partial charge in [0.2, 0.25) is 0 Å². The van der Waals surface area contributed by atoms with Crippen LogP contribution in [0, 0.1) is 0 Å². The van der Waals surface area contributed by atoms with Gasteiger partial charge in [0.05, 0.1) is 11.3 Å². The first-order chi connectivity index (χ1) is 6.57. The number of aliphatic carboxylic acids is 1. The van der Waals surface area contributed by atoms with Crippen LogP contribution in [-0.2, 0) is 4.79 Å². The molecule has 0 aromatic rings. The van der Waals surface area contributed by atoms with Crippen LogP contribution in [0.4, 0.5) is 13.2 Å². The van der Waals surface area contributed by atoms with Crippen LogP contribution in [0.15, 0.2) is 0 Å². The molecule has 0 saturated carbocycles. The van der Waals surface area contributed by atoms with Crippen LogP contribution in [0.3, 0.4) is 0 Å². The van der Waals surface area contributed by atoms with Gasteiger partial charge in [-0.1, -0.05) is 23.2 Å². The summed E-state index contributed by atoms with van der Waals surface area (Å²) in [5, 5.41) is 9.02. The maximum atomic E-state index is 11.7. The van der Waals surface area contributed by atoms with E-state index in [1.165, 1.54) is 0 Å². The lowest BCUT2D eigenvalue weighted by molar-refractivity contribution is -0.306. The van der Waals surface area contributed by atoms with Crippen LogP contribution >= 0.6 is 34.8 Å². The Bertz CT molecular complexity index is 230. The fraction of sp³-hybridized carbons (Fsp3) is 0.857. The molecule has 0 spiro atoms. The van der Waals surface area contributed by atoms with Crippen LogP contribution in [0.1, 0.15) is 19.3 Å². The number of carboxylic acid groups (broad SMARTS) is 1. The van der Waals surface area contributed by atoms with E-state index >= 15 is 0 Å². The lowest BCUT2D eigenvalue weighted by Crippen LogP contribution is -2.45. The summed E-state index contributed by atoms with van der Waals surface area (Å²) >= 11 is 16.0. The molecule has 0 amide bonds. The second-order valence-electron chi connectivity index (χ2n) is 2.89. The number of hydrogen-bond donors (Lipinski definition) is 0. The molecular formula is C7H7Cl3F3O2-. The van der Waals surface area contributed by atoms with E-state index in [4.69, 9.17) is 34.8 Å². The summed E-state index contributed by atoms with van der Waals surface area (Å²) in [6.07, 6.45) is -5.97. The number of halogens is 6. The molecular weight excluding hydrogens is 279 g/mol. The molecule has 2 nitrogen and oxygen atoms in total. The summed E-state index contributed by atoms with van der Waals surface area (Å²) in [5.41, 5.74) is 0. The summed E-state index contributed by atoms with van der Waals surface area (Å²) in [4.78, 5) is 10.3. The molecule has 0 radical (unpaired) electrons. The lowest BCUT2D eigenvalue weighted by Gasteiger charge is -2.25. The highest BCUT2D eigenvalue weighted by Gasteiger charge is 2.36. The summed E-state index contributed by atoms with van der Waals surface area (Å²) in [5.74, 6) is -1.82. The Labute approximate surface area is 99.3 Å². The van der Waals surface area contributed by atoms with Crippen LogP contribution in [-0.4, -0.2) is 21.9 Å². The summed E-state index contributed by atoms with van der Waals surface area (Å²) in [7, 11) is 0. The minimum atomic E-state index is -4.31. The zero-order valence-corrected chi connectivity index (χ0v) is 9.55. The van der Waals surface area contributed by atoms with Gasteiger partial charge in [0, 0.05) is 6.42 Å². The predicted molar refractivity (Wildman–Crippen MR) is 49.0 cm³/mol. The smallest absolute Gasteiger partial charge is 0.389 e. The fourth-order valence-electron chi connectivity index (χ4n) is 0.791. The van der Waals surface area contributed by atoms with Crippen LogP contribution in [0.25, 0.3) is 0 Å². The minimum absolute atomic E-state index is 0.262. The van der Waals surface area contributed by atoms with Gasteiger partial charge in [0.25, 0.3) is 0 Å². The Balaban J connectivity index is 4.05. The number of carbonyl (C=O) groups excluding carboxylic acids is 1. The first-order valence-corrected chi connectivity index (χ1v) is 5.06.